The summed E-state index contributed by atoms with van der Waals surface area (Å²) in [4.78, 5) is 22.7. The van der Waals surface area contributed by atoms with Crippen LogP contribution in [0.5, 0.6) is 0 Å². The Balaban J connectivity index is 1.66. The van der Waals surface area contributed by atoms with E-state index < -0.39 is 5.97 Å². The molecule has 3 aliphatic rings. The molecule has 0 unspecified atom stereocenters. The lowest BCUT2D eigenvalue weighted by Crippen LogP contribution is -2.36. The minimum atomic E-state index is -0.918. The molecule has 138 valence electrons. The van der Waals surface area contributed by atoms with Crippen LogP contribution in [0, 0.1) is 27.9 Å². The van der Waals surface area contributed by atoms with E-state index in [1.807, 2.05) is 18.2 Å². The van der Waals surface area contributed by atoms with Crippen molar-refractivity contribution in [1.29, 1.82) is 0 Å². The number of nitrogens with zero attached hydrogens (tertiary/aromatic N) is 1. The molecule has 2 aromatic carbocycles. The molecule has 0 spiro atoms. The molecule has 1 heterocycles. The van der Waals surface area contributed by atoms with Crippen molar-refractivity contribution in [2.45, 2.75) is 31.2 Å². The van der Waals surface area contributed by atoms with Gasteiger partial charge in [0.15, 0.2) is 0 Å². The van der Waals surface area contributed by atoms with E-state index in [4.69, 9.17) is 0 Å². The first-order valence-corrected chi connectivity index (χ1v) is 9.41. The van der Waals surface area contributed by atoms with E-state index in [-0.39, 0.29) is 28.5 Å². The molecule has 5 atom stereocenters. The Bertz CT molecular complexity index is 957. The molecular weight excluding hydrogens is 344 g/mol. The van der Waals surface area contributed by atoms with Crippen LogP contribution in [0.3, 0.4) is 0 Å². The third-order valence-electron chi connectivity index (χ3n) is 6.80. The number of fused-ring (bicyclic) bond motifs is 7. The number of carbonyl (C=O) groups is 1. The molecule has 6 nitrogen and oxygen atoms in total. The zero-order valence-electron chi connectivity index (χ0n) is 14.7. The molecule has 1 aliphatic heterocycles. The minimum absolute atomic E-state index is 0.116. The summed E-state index contributed by atoms with van der Waals surface area (Å²) >= 11 is 0. The number of rotatable bonds is 3. The van der Waals surface area contributed by atoms with Crippen molar-refractivity contribution >= 4 is 17.3 Å². The molecule has 2 saturated carbocycles. The SMILES string of the molecule is O=C(O)c1ccc2c(c1)[C@@H]1[C@H]3CC[C@@H](C3)[C@@H]1[C@H](c1ccccc1[N+](=O)[O-])N2. The summed E-state index contributed by atoms with van der Waals surface area (Å²) in [6.07, 6.45) is 3.44. The molecule has 0 aromatic heterocycles. The fraction of sp³-hybridized carbons (Fsp3) is 0.381. The Labute approximate surface area is 156 Å². The number of nitro benzene ring substituents is 1. The van der Waals surface area contributed by atoms with Crippen LogP contribution in [0.1, 0.15) is 52.7 Å². The number of benzene rings is 2. The summed E-state index contributed by atoms with van der Waals surface area (Å²) in [6.45, 7) is 0. The molecule has 2 bridgehead atoms. The lowest BCUT2D eigenvalue weighted by Gasteiger charge is -2.43. The summed E-state index contributed by atoms with van der Waals surface area (Å²) in [7, 11) is 0. The van der Waals surface area contributed by atoms with Crippen LogP contribution in [-0.2, 0) is 0 Å². The Morgan fingerprint density at radius 1 is 1.11 bits per heavy atom. The number of nitrogens with one attached hydrogen (secondary N) is 1. The fourth-order valence-electron chi connectivity index (χ4n) is 5.85. The first kappa shape index (κ1) is 16.3. The zero-order valence-corrected chi connectivity index (χ0v) is 14.7. The van der Waals surface area contributed by atoms with Gasteiger partial charge in [-0.2, -0.15) is 0 Å². The highest BCUT2D eigenvalue weighted by atomic mass is 16.6. The Morgan fingerprint density at radius 2 is 1.89 bits per heavy atom. The Kier molecular flexibility index (Phi) is 3.50. The number of hydrogen-bond acceptors (Lipinski definition) is 4. The van der Waals surface area contributed by atoms with Crippen LogP contribution in [0.4, 0.5) is 11.4 Å². The molecule has 2 aliphatic carbocycles. The average molecular weight is 364 g/mol. The molecule has 2 fully saturated rings. The van der Waals surface area contributed by atoms with Crippen LogP contribution in [0.15, 0.2) is 42.5 Å². The Hall–Kier alpha value is -2.89. The summed E-state index contributed by atoms with van der Waals surface area (Å²) in [5, 5.41) is 24.5. The number of nitro groups is 1. The maximum Gasteiger partial charge on any atom is 0.335 e. The largest absolute Gasteiger partial charge is 0.478 e. The molecule has 0 amide bonds. The van der Waals surface area contributed by atoms with Crippen LogP contribution in [0.25, 0.3) is 0 Å². The van der Waals surface area contributed by atoms with Gasteiger partial charge in [0.2, 0.25) is 0 Å². The molecule has 0 saturated heterocycles. The third-order valence-corrected chi connectivity index (χ3v) is 6.80. The van der Waals surface area contributed by atoms with Gasteiger partial charge in [0.05, 0.1) is 22.1 Å². The second-order valence-electron chi connectivity index (χ2n) is 7.98. The van der Waals surface area contributed by atoms with Crippen molar-refractivity contribution in [2.24, 2.45) is 17.8 Å². The summed E-state index contributed by atoms with van der Waals surface area (Å²) in [6, 6.07) is 12.1. The van der Waals surface area contributed by atoms with E-state index in [0.29, 0.717) is 17.4 Å². The maximum absolute atomic E-state index is 11.6. The van der Waals surface area contributed by atoms with E-state index in [9.17, 15) is 20.0 Å². The van der Waals surface area contributed by atoms with Gasteiger partial charge in [0.25, 0.3) is 5.69 Å². The van der Waals surface area contributed by atoms with Crippen LogP contribution >= 0.6 is 0 Å². The van der Waals surface area contributed by atoms with Gasteiger partial charge in [-0.05, 0) is 66.7 Å². The monoisotopic (exact) mass is 364 g/mol. The first-order valence-electron chi connectivity index (χ1n) is 9.41. The lowest BCUT2D eigenvalue weighted by atomic mass is 9.67. The highest BCUT2D eigenvalue weighted by Gasteiger charge is 2.54. The number of carboxylic acid groups (broad SMARTS) is 1. The maximum atomic E-state index is 11.6. The van der Waals surface area contributed by atoms with Gasteiger partial charge in [-0.1, -0.05) is 18.2 Å². The number of para-hydroxylation sites is 1. The molecule has 0 radical (unpaired) electrons. The smallest absolute Gasteiger partial charge is 0.335 e. The normalized spacial score (nSPS) is 30.3. The number of aromatic carboxylic acids is 1. The first-order chi connectivity index (χ1) is 13.0. The standard InChI is InChI=1S/C21H20N2O4/c24-21(25)13-7-8-16-15(10-13)18-11-5-6-12(9-11)19(18)20(22-16)14-3-1-2-4-17(14)23(26)27/h1-4,7-8,10-12,18-20,22H,5-6,9H2,(H,24,25)/t11-,12-,18-,19-,20-/m0/s1. The third kappa shape index (κ3) is 2.36. The van der Waals surface area contributed by atoms with Crippen molar-refractivity contribution in [2.75, 3.05) is 5.32 Å². The van der Waals surface area contributed by atoms with Gasteiger partial charge in [-0.25, -0.2) is 4.79 Å². The second kappa shape index (κ2) is 5.81. The van der Waals surface area contributed by atoms with Crippen molar-refractivity contribution in [3.05, 3.63) is 69.3 Å². The van der Waals surface area contributed by atoms with Gasteiger partial charge >= 0.3 is 5.97 Å². The highest BCUT2D eigenvalue weighted by Crippen LogP contribution is 2.64. The highest BCUT2D eigenvalue weighted by molar-refractivity contribution is 5.89. The van der Waals surface area contributed by atoms with E-state index in [0.717, 1.165) is 36.1 Å². The summed E-state index contributed by atoms with van der Waals surface area (Å²) < 4.78 is 0. The van der Waals surface area contributed by atoms with Gasteiger partial charge < -0.3 is 10.4 Å². The van der Waals surface area contributed by atoms with Crippen molar-refractivity contribution in [3.8, 4) is 0 Å². The van der Waals surface area contributed by atoms with E-state index in [1.54, 1.807) is 24.3 Å². The lowest BCUT2D eigenvalue weighted by molar-refractivity contribution is -0.385. The van der Waals surface area contributed by atoms with Crippen LogP contribution in [-0.4, -0.2) is 16.0 Å². The quantitative estimate of drug-likeness (QED) is 0.614. The van der Waals surface area contributed by atoms with Crippen LogP contribution < -0.4 is 5.32 Å². The molecule has 2 N–H and O–H groups in total. The molecule has 2 aromatic rings. The number of anilines is 1. The molecular formula is C21H20N2O4. The van der Waals surface area contributed by atoms with Gasteiger partial charge in [0.1, 0.15) is 0 Å². The number of hydrogen-bond donors (Lipinski definition) is 2. The predicted octanol–water partition coefficient (Wildman–Crippen LogP) is 4.59. The molecule has 27 heavy (non-hydrogen) atoms. The van der Waals surface area contributed by atoms with Gasteiger partial charge in [0, 0.05) is 11.8 Å². The predicted molar refractivity (Wildman–Crippen MR) is 99.9 cm³/mol. The summed E-state index contributed by atoms with van der Waals surface area (Å²) in [5.74, 6) is 0.679. The van der Waals surface area contributed by atoms with Crippen molar-refractivity contribution in [3.63, 3.8) is 0 Å². The second-order valence-corrected chi connectivity index (χ2v) is 7.98. The van der Waals surface area contributed by atoms with E-state index in [1.165, 1.54) is 0 Å². The van der Waals surface area contributed by atoms with Gasteiger partial charge in [-0.15, -0.1) is 0 Å². The minimum Gasteiger partial charge on any atom is -0.478 e. The average Bonchev–Trinajstić information content (AvgIpc) is 3.29. The topological polar surface area (TPSA) is 92.5 Å². The zero-order chi connectivity index (χ0) is 18.7. The molecule has 5 rings (SSSR count). The van der Waals surface area contributed by atoms with Crippen molar-refractivity contribution < 1.29 is 14.8 Å². The van der Waals surface area contributed by atoms with Crippen LogP contribution in [0.2, 0.25) is 0 Å². The van der Waals surface area contributed by atoms with Gasteiger partial charge in [-0.3, -0.25) is 10.1 Å². The fourth-order valence-corrected chi connectivity index (χ4v) is 5.85. The van der Waals surface area contributed by atoms with E-state index in [2.05, 4.69) is 5.32 Å². The van der Waals surface area contributed by atoms with Crippen molar-refractivity contribution in [1.82, 2.24) is 0 Å². The number of carboxylic acids is 1. The summed E-state index contributed by atoms with van der Waals surface area (Å²) in [5.41, 5.74) is 3.18. The van der Waals surface area contributed by atoms with E-state index >= 15 is 0 Å². The Morgan fingerprint density at radius 3 is 2.67 bits per heavy atom. The molecule has 6 heteroatoms.